The van der Waals surface area contributed by atoms with Crippen molar-refractivity contribution in [1.82, 2.24) is 15.1 Å². The fraction of sp³-hybridized carbons (Fsp3) is 0.591. The van der Waals surface area contributed by atoms with Gasteiger partial charge in [0.1, 0.15) is 0 Å². The predicted octanol–water partition coefficient (Wildman–Crippen LogP) is 1.08. The molecule has 2 aliphatic rings. The smallest absolute Gasteiger partial charge is 0.227 e. The monoisotopic (exact) mass is 417 g/mol. The van der Waals surface area contributed by atoms with Crippen molar-refractivity contribution in [2.24, 2.45) is 11.8 Å². The molecule has 8 nitrogen and oxygen atoms in total. The lowest BCUT2D eigenvalue weighted by Gasteiger charge is -2.32. The quantitative estimate of drug-likeness (QED) is 0.717. The Morgan fingerprint density at radius 3 is 2.43 bits per heavy atom. The fourth-order valence-electron chi connectivity index (χ4n) is 4.28. The molecule has 1 aromatic carbocycles. The maximum atomic E-state index is 12.9. The highest BCUT2D eigenvalue weighted by atomic mass is 16.5. The minimum absolute atomic E-state index is 0.0223. The van der Waals surface area contributed by atoms with E-state index in [0.29, 0.717) is 56.9 Å². The standard InChI is InChI=1S/C22H31N3O5/c1-23-21(27)16-7-10-24(11-8-16)22(28)17-13-20(26)25(14-17)9-6-15-4-5-18(29-2)19(12-15)30-3/h4-5,12,16-17H,6-11,13-14H2,1-3H3,(H,23,27). The van der Waals surface area contributed by atoms with Crippen LogP contribution in [0.2, 0.25) is 0 Å². The number of carbonyl (C=O) groups is 3. The first-order valence-electron chi connectivity index (χ1n) is 10.5. The van der Waals surface area contributed by atoms with Crippen molar-refractivity contribution in [3.8, 4) is 11.5 Å². The number of nitrogens with zero attached hydrogens (tertiary/aromatic N) is 2. The molecule has 1 N–H and O–H groups in total. The number of ether oxygens (including phenoxy) is 2. The molecule has 1 atom stereocenters. The van der Waals surface area contributed by atoms with Crippen LogP contribution in [-0.4, -0.2) is 75.0 Å². The maximum Gasteiger partial charge on any atom is 0.227 e. The van der Waals surface area contributed by atoms with Gasteiger partial charge in [-0.2, -0.15) is 0 Å². The molecular formula is C22H31N3O5. The number of hydrogen-bond donors (Lipinski definition) is 1. The zero-order valence-electron chi connectivity index (χ0n) is 18.0. The summed E-state index contributed by atoms with van der Waals surface area (Å²) in [5.74, 6) is 1.11. The van der Waals surface area contributed by atoms with Gasteiger partial charge in [0, 0.05) is 45.6 Å². The van der Waals surface area contributed by atoms with Gasteiger partial charge in [0.05, 0.1) is 20.1 Å². The number of rotatable bonds is 7. The summed E-state index contributed by atoms with van der Waals surface area (Å²) in [4.78, 5) is 40.7. The van der Waals surface area contributed by atoms with E-state index in [4.69, 9.17) is 9.47 Å². The zero-order valence-corrected chi connectivity index (χ0v) is 18.0. The second kappa shape index (κ2) is 9.82. The highest BCUT2D eigenvalue weighted by molar-refractivity contribution is 5.89. The van der Waals surface area contributed by atoms with E-state index in [-0.39, 0.29) is 36.0 Å². The molecule has 1 aromatic rings. The third-order valence-electron chi connectivity index (χ3n) is 6.11. The normalized spacial score (nSPS) is 19.7. The van der Waals surface area contributed by atoms with E-state index < -0.39 is 0 Å². The van der Waals surface area contributed by atoms with Gasteiger partial charge in [-0.15, -0.1) is 0 Å². The first kappa shape index (κ1) is 21.9. The number of likely N-dealkylation sites (tertiary alicyclic amines) is 2. The molecule has 0 radical (unpaired) electrons. The number of nitrogens with one attached hydrogen (secondary N) is 1. The van der Waals surface area contributed by atoms with Crippen LogP contribution in [0.15, 0.2) is 18.2 Å². The molecular weight excluding hydrogens is 386 g/mol. The van der Waals surface area contributed by atoms with E-state index >= 15 is 0 Å². The van der Waals surface area contributed by atoms with Crippen molar-refractivity contribution < 1.29 is 23.9 Å². The Kier molecular flexibility index (Phi) is 7.18. The predicted molar refractivity (Wildman–Crippen MR) is 111 cm³/mol. The average molecular weight is 418 g/mol. The number of methoxy groups -OCH3 is 2. The van der Waals surface area contributed by atoms with Gasteiger partial charge in [0.15, 0.2) is 11.5 Å². The summed E-state index contributed by atoms with van der Waals surface area (Å²) in [7, 11) is 4.83. The molecule has 3 rings (SSSR count). The lowest BCUT2D eigenvalue weighted by Crippen LogP contribution is -2.45. The van der Waals surface area contributed by atoms with Crippen molar-refractivity contribution in [3.05, 3.63) is 23.8 Å². The molecule has 0 spiro atoms. The van der Waals surface area contributed by atoms with Gasteiger partial charge in [-0.3, -0.25) is 14.4 Å². The SMILES string of the molecule is CNC(=O)C1CCN(C(=O)C2CC(=O)N(CCc3ccc(OC)c(OC)c3)C2)CC1. The molecule has 2 aliphatic heterocycles. The van der Waals surface area contributed by atoms with Crippen LogP contribution in [0.1, 0.15) is 24.8 Å². The Balaban J connectivity index is 1.51. The van der Waals surface area contributed by atoms with Crippen LogP contribution >= 0.6 is 0 Å². The Bertz CT molecular complexity index is 789. The van der Waals surface area contributed by atoms with Crippen LogP contribution in [0.3, 0.4) is 0 Å². The molecule has 1 unspecified atom stereocenters. The van der Waals surface area contributed by atoms with Crippen molar-refractivity contribution in [2.45, 2.75) is 25.7 Å². The summed E-state index contributed by atoms with van der Waals surface area (Å²) in [5.41, 5.74) is 1.05. The van der Waals surface area contributed by atoms with Crippen LogP contribution in [0.4, 0.5) is 0 Å². The van der Waals surface area contributed by atoms with E-state index in [1.54, 1.807) is 26.2 Å². The molecule has 0 saturated carbocycles. The minimum atomic E-state index is -0.292. The van der Waals surface area contributed by atoms with E-state index in [2.05, 4.69) is 5.32 Å². The van der Waals surface area contributed by atoms with Crippen LogP contribution < -0.4 is 14.8 Å². The van der Waals surface area contributed by atoms with Crippen LogP contribution in [0.25, 0.3) is 0 Å². The van der Waals surface area contributed by atoms with E-state index in [0.717, 1.165) is 5.56 Å². The van der Waals surface area contributed by atoms with Crippen LogP contribution in [-0.2, 0) is 20.8 Å². The van der Waals surface area contributed by atoms with Gasteiger partial charge in [-0.1, -0.05) is 6.07 Å². The summed E-state index contributed by atoms with van der Waals surface area (Å²) in [5, 5.41) is 2.68. The summed E-state index contributed by atoms with van der Waals surface area (Å²) in [6.45, 7) is 2.18. The Morgan fingerprint density at radius 2 is 1.80 bits per heavy atom. The van der Waals surface area contributed by atoms with Gasteiger partial charge in [-0.25, -0.2) is 0 Å². The van der Waals surface area contributed by atoms with E-state index in [1.165, 1.54) is 0 Å². The topological polar surface area (TPSA) is 88.2 Å². The van der Waals surface area contributed by atoms with Gasteiger partial charge in [-0.05, 0) is 37.0 Å². The molecule has 2 fully saturated rings. The fourth-order valence-corrected chi connectivity index (χ4v) is 4.28. The molecule has 0 bridgehead atoms. The lowest BCUT2D eigenvalue weighted by atomic mass is 9.94. The first-order valence-corrected chi connectivity index (χ1v) is 10.5. The molecule has 8 heteroatoms. The van der Waals surface area contributed by atoms with Gasteiger partial charge in [0.25, 0.3) is 0 Å². The molecule has 164 valence electrons. The van der Waals surface area contributed by atoms with Gasteiger partial charge < -0.3 is 24.6 Å². The van der Waals surface area contributed by atoms with Gasteiger partial charge >= 0.3 is 0 Å². The lowest BCUT2D eigenvalue weighted by molar-refractivity contribution is -0.139. The average Bonchev–Trinajstić information content (AvgIpc) is 3.16. The Morgan fingerprint density at radius 1 is 1.10 bits per heavy atom. The highest BCUT2D eigenvalue weighted by Crippen LogP contribution is 2.28. The summed E-state index contributed by atoms with van der Waals surface area (Å²) in [6, 6.07) is 5.73. The number of carbonyl (C=O) groups excluding carboxylic acids is 3. The number of benzene rings is 1. The summed E-state index contributed by atoms with van der Waals surface area (Å²) >= 11 is 0. The second-order valence-electron chi connectivity index (χ2n) is 7.89. The third kappa shape index (κ3) is 4.86. The molecule has 30 heavy (non-hydrogen) atoms. The van der Waals surface area contributed by atoms with Crippen molar-refractivity contribution >= 4 is 17.7 Å². The summed E-state index contributed by atoms with van der Waals surface area (Å²) in [6.07, 6.45) is 2.30. The third-order valence-corrected chi connectivity index (χ3v) is 6.11. The Hall–Kier alpha value is -2.77. The second-order valence-corrected chi connectivity index (χ2v) is 7.89. The summed E-state index contributed by atoms with van der Waals surface area (Å²) < 4.78 is 10.6. The van der Waals surface area contributed by atoms with Gasteiger partial charge in [0.2, 0.25) is 17.7 Å². The van der Waals surface area contributed by atoms with Crippen molar-refractivity contribution in [1.29, 1.82) is 0 Å². The van der Waals surface area contributed by atoms with Crippen LogP contribution in [0, 0.1) is 11.8 Å². The Labute approximate surface area is 177 Å². The number of hydrogen-bond acceptors (Lipinski definition) is 5. The minimum Gasteiger partial charge on any atom is -0.493 e. The molecule has 0 aliphatic carbocycles. The zero-order chi connectivity index (χ0) is 21.7. The van der Waals surface area contributed by atoms with E-state index in [1.807, 2.05) is 23.1 Å². The van der Waals surface area contributed by atoms with Crippen molar-refractivity contribution in [2.75, 3.05) is 47.4 Å². The van der Waals surface area contributed by atoms with Crippen molar-refractivity contribution in [3.63, 3.8) is 0 Å². The molecule has 0 aromatic heterocycles. The first-order chi connectivity index (χ1) is 14.5. The number of amides is 3. The highest BCUT2D eigenvalue weighted by Gasteiger charge is 2.37. The van der Waals surface area contributed by atoms with Crippen LogP contribution in [0.5, 0.6) is 11.5 Å². The number of piperidine rings is 1. The largest absolute Gasteiger partial charge is 0.493 e. The maximum absolute atomic E-state index is 12.9. The molecule has 2 heterocycles. The molecule has 2 saturated heterocycles. The molecule has 3 amide bonds. The van der Waals surface area contributed by atoms with E-state index in [9.17, 15) is 14.4 Å².